The lowest BCUT2D eigenvalue weighted by Gasteiger charge is -2.34. The van der Waals surface area contributed by atoms with E-state index in [9.17, 15) is 0 Å². The van der Waals surface area contributed by atoms with E-state index in [1.165, 1.54) is 6.33 Å². The zero-order chi connectivity index (χ0) is 11.0. The number of hydrogen-bond acceptors (Lipinski definition) is 5. The molecule has 1 aliphatic carbocycles. The monoisotopic (exact) mass is 219 g/mol. The summed E-state index contributed by atoms with van der Waals surface area (Å²) < 4.78 is 5.23. The highest BCUT2D eigenvalue weighted by atomic mass is 16.5. The van der Waals surface area contributed by atoms with Crippen LogP contribution >= 0.6 is 0 Å². The highest BCUT2D eigenvalue weighted by molar-refractivity contribution is 5.82. The number of ether oxygens (including phenoxy) is 1. The molecule has 1 fully saturated rings. The maximum absolute atomic E-state index is 5.23. The van der Waals surface area contributed by atoms with Crippen LogP contribution in [0.15, 0.2) is 12.7 Å². The Bertz CT molecular complexity index is 491. The van der Waals surface area contributed by atoms with E-state index in [1.54, 1.807) is 13.4 Å². The van der Waals surface area contributed by atoms with Crippen molar-refractivity contribution in [3.63, 3.8) is 0 Å². The molecule has 0 amide bonds. The minimum absolute atomic E-state index is 0.386. The Balaban J connectivity index is 1.77. The molecule has 2 N–H and O–H groups in total. The Morgan fingerprint density at radius 1 is 1.38 bits per heavy atom. The predicted molar refractivity (Wildman–Crippen MR) is 59.1 cm³/mol. The van der Waals surface area contributed by atoms with Gasteiger partial charge in [0.05, 0.1) is 12.4 Å². The van der Waals surface area contributed by atoms with E-state index >= 15 is 0 Å². The first-order valence-electron chi connectivity index (χ1n) is 5.30. The van der Waals surface area contributed by atoms with Crippen LogP contribution in [-0.4, -0.2) is 39.2 Å². The highest BCUT2D eigenvalue weighted by Crippen LogP contribution is 2.27. The Labute approximate surface area is 92.5 Å². The molecule has 16 heavy (non-hydrogen) atoms. The Morgan fingerprint density at radius 3 is 3.06 bits per heavy atom. The van der Waals surface area contributed by atoms with Crippen LogP contribution in [0.4, 0.5) is 5.82 Å². The zero-order valence-electron chi connectivity index (χ0n) is 8.97. The third-order valence-corrected chi connectivity index (χ3v) is 2.99. The van der Waals surface area contributed by atoms with Gasteiger partial charge in [0, 0.05) is 13.2 Å². The van der Waals surface area contributed by atoms with Gasteiger partial charge in [-0.3, -0.25) is 0 Å². The molecule has 6 nitrogen and oxygen atoms in total. The second kappa shape index (κ2) is 3.71. The van der Waals surface area contributed by atoms with Crippen LogP contribution in [-0.2, 0) is 4.74 Å². The molecule has 6 heteroatoms. The number of fused-ring (bicyclic) bond motifs is 1. The number of imidazole rings is 1. The zero-order valence-corrected chi connectivity index (χ0v) is 8.97. The summed E-state index contributed by atoms with van der Waals surface area (Å²) in [6, 6.07) is 0.436. The molecule has 1 saturated carbocycles. The molecule has 0 spiro atoms. The van der Waals surface area contributed by atoms with Crippen molar-refractivity contribution >= 4 is 17.0 Å². The number of H-pyrrole nitrogens is 1. The first-order chi connectivity index (χ1) is 7.86. The van der Waals surface area contributed by atoms with Gasteiger partial charge in [0.15, 0.2) is 11.5 Å². The Kier molecular flexibility index (Phi) is 2.21. The first kappa shape index (κ1) is 9.53. The van der Waals surface area contributed by atoms with E-state index in [0.29, 0.717) is 17.8 Å². The van der Waals surface area contributed by atoms with Crippen molar-refractivity contribution in [2.45, 2.75) is 25.0 Å². The van der Waals surface area contributed by atoms with E-state index < -0.39 is 0 Å². The van der Waals surface area contributed by atoms with Gasteiger partial charge >= 0.3 is 0 Å². The summed E-state index contributed by atoms with van der Waals surface area (Å²) in [5, 5.41) is 3.37. The summed E-state index contributed by atoms with van der Waals surface area (Å²) in [6.45, 7) is 0. The molecule has 0 bridgehead atoms. The summed E-state index contributed by atoms with van der Waals surface area (Å²) >= 11 is 0. The van der Waals surface area contributed by atoms with Gasteiger partial charge < -0.3 is 15.0 Å². The average molecular weight is 219 g/mol. The summed E-state index contributed by atoms with van der Waals surface area (Å²) in [7, 11) is 1.75. The third-order valence-electron chi connectivity index (χ3n) is 2.99. The van der Waals surface area contributed by atoms with Gasteiger partial charge in [-0.1, -0.05) is 0 Å². The fraction of sp³-hybridized carbons (Fsp3) is 0.500. The van der Waals surface area contributed by atoms with Gasteiger partial charge in [-0.2, -0.15) is 0 Å². The van der Waals surface area contributed by atoms with Crippen LogP contribution in [0.1, 0.15) is 12.8 Å². The van der Waals surface area contributed by atoms with Gasteiger partial charge in [0.2, 0.25) is 0 Å². The number of aromatic nitrogens is 4. The van der Waals surface area contributed by atoms with E-state index in [4.69, 9.17) is 4.74 Å². The Morgan fingerprint density at radius 2 is 2.25 bits per heavy atom. The van der Waals surface area contributed by atoms with Crippen molar-refractivity contribution in [3.05, 3.63) is 12.7 Å². The molecule has 2 heterocycles. The van der Waals surface area contributed by atoms with Crippen molar-refractivity contribution in [2.75, 3.05) is 12.4 Å². The summed E-state index contributed by atoms with van der Waals surface area (Å²) in [4.78, 5) is 15.4. The quantitative estimate of drug-likeness (QED) is 0.803. The molecule has 0 unspecified atom stereocenters. The van der Waals surface area contributed by atoms with Crippen LogP contribution in [0, 0.1) is 0 Å². The van der Waals surface area contributed by atoms with Crippen LogP contribution in [0.25, 0.3) is 11.2 Å². The topological polar surface area (TPSA) is 75.7 Å². The maximum Gasteiger partial charge on any atom is 0.182 e. The molecule has 84 valence electrons. The molecule has 0 radical (unpaired) electrons. The average Bonchev–Trinajstić information content (AvgIpc) is 2.71. The third kappa shape index (κ3) is 1.51. The number of nitrogens with zero attached hydrogens (tertiary/aromatic N) is 3. The van der Waals surface area contributed by atoms with Crippen molar-refractivity contribution in [2.24, 2.45) is 0 Å². The van der Waals surface area contributed by atoms with Crippen molar-refractivity contribution in [3.8, 4) is 0 Å². The standard InChI is InChI=1S/C10H13N5O/c1-16-7-2-6(3-7)15-10-8-9(12-4-11-8)13-5-14-10/h4-7H,2-3H2,1H3,(H2,11,12,13,14,15). The van der Waals surface area contributed by atoms with Crippen molar-refractivity contribution < 1.29 is 4.74 Å². The summed E-state index contributed by atoms with van der Waals surface area (Å²) in [5.41, 5.74) is 1.56. The van der Waals surface area contributed by atoms with Gasteiger partial charge in [-0.15, -0.1) is 0 Å². The number of hydrogen-bond donors (Lipinski definition) is 2. The highest BCUT2D eigenvalue weighted by Gasteiger charge is 2.29. The van der Waals surface area contributed by atoms with Crippen LogP contribution in [0.3, 0.4) is 0 Å². The second-order valence-corrected chi connectivity index (χ2v) is 3.99. The van der Waals surface area contributed by atoms with Crippen LogP contribution in [0.2, 0.25) is 0 Å². The molecule has 0 aliphatic heterocycles. The molecular weight excluding hydrogens is 206 g/mol. The van der Waals surface area contributed by atoms with E-state index in [1.807, 2.05) is 0 Å². The molecule has 3 rings (SSSR count). The molecule has 2 aromatic rings. The number of aromatic amines is 1. The van der Waals surface area contributed by atoms with Crippen LogP contribution < -0.4 is 5.32 Å². The Hall–Kier alpha value is -1.69. The summed E-state index contributed by atoms with van der Waals surface area (Å²) in [5.74, 6) is 0.821. The van der Waals surface area contributed by atoms with E-state index in [2.05, 4.69) is 25.3 Å². The lowest BCUT2D eigenvalue weighted by molar-refractivity contribution is 0.0328. The lowest BCUT2D eigenvalue weighted by Crippen LogP contribution is -2.40. The molecule has 0 atom stereocenters. The molecular formula is C10H13N5O. The molecule has 0 aromatic carbocycles. The maximum atomic E-state index is 5.23. The fourth-order valence-corrected chi connectivity index (χ4v) is 1.94. The van der Waals surface area contributed by atoms with Crippen molar-refractivity contribution in [1.29, 1.82) is 0 Å². The lowest BCUT2D eigenvalue weighted by atomic mass is 9.89. The molecule has 2 aromatic heterocycles. The van der Waals surface area contributed by atoms with Gasteiger partial charge in [-0.05, 0) is 12.8 Å². The number of nitrogens with one attached hydrogen (secondary N) is 2. The van der Waals surface area contributed by atoms with Gasteiger partial charge in [-0.25, -0.2) is 15.0 Å². The largest absolute Gasteiger partial charge is 0.381 e. The number of anilines is 1. The van der Waals surface area contributed by atoms with E-state index in [-0.39, 0.29) is 0 Å². The summed E-state index contributed by atoms with van der Waals surface area (Å²) in [6.07, 6.45) is 5.59. The fourth-order valence-electron chi connectivity index (χ4n) is 1.94. The first-order valence-corrected chi connectivity index (χ1v) is 5.30. The van der Waals surface area contributed by atoms with Gasteiger partial charge in [0.1, 0.15) is 11.8 Å². The number of rotatable bonds is 3. The normalized spacial score (nSPS) is 24.3. The van der Waals surface area contributed by atoms with E-state index in [0.717, 1.165) is 24.2 Å². The number of methoxy groups -OCH3 is 1. The predicted octanol–water partition coefficient (Wildman–Crippen LogP) is 0.942. The minimum atomic E-state index is 0.386. The SMILES string of the molecule is COC1CC(Nc2ncnc3nc[nH]c23)C1. The smallest absolute Gasteiger partial charge is 0.182 e. The van der Waals surface area contributed by atoms with Crippen molar-refractivity contribution in [1.82, 2.24) is 19.9 Å². The van der Waals surface area contributed by atoms with Crippen LogP contribution in [0.5, 0.6) is 0 Å². The minimum Gasteiger partial charge on any atom is -0.381 e. The molecule has 1 aliphatic rings. The second-order valence-electron chi connectivity index (χ2n) is 3.99. The molecule has 0 saturated heterocycles. The van der Waals surface area contributed by atoms with Gasteiger partial charge in [0.25, 0.3) is 0 Å².